The van der Waals surface area contributed by atoms with Crippen LogP contribution < -0.4 is 10.6 Å². The number of nitrogens with one attached hydrogen (secondary N) is 2. The molecule has 1 heterocycles. The molecule has 1 aromatic carbocycles. The summed E-state index contributed by atoms with van der Waals surface area (Å²) in [5.74, 6) is 1.03. The lowest BCUT2D eigenvalue weighted by Gasteiger charge is -2.15. The number of guanidine groups is 1. The molecule has 3 nitrogen and oxygen atoms in total. The van der Waals surface area contributed by atoms with Crippen molar-refractivity contribution in [2.24, 2.45) is 4.99 Å². The van der Waals surface area contributed by atoms with E-state index in [0.717, 1.165) is 18.1 Å². The fourth-order valence-electron chi connectivity index (χ4n) is 2.16. The van der Waals surface area contributed by atoms with Gasteiger partial charge in [0.25, 0.3) is 0 Å². The fraction of sp³-hybridized carbons (Fsp3) is 0.353. The molecular formula is C17H23FIN3S. The van der Waals surface area contributed by atoms with Crippen LogP contribution in [-0.4, -0.2) is 26.1 Å². The van der Waals surface area contributed by atoms with E-state index < -0.39 is 0 Å². The first kappa shape index (κ1) is 19.9. The quantitative estimate of drug-likeness (QED) is 0.399. The second-order valence-corrected chi connectivity index (χ2v) is 6.12. The van der Waals surface area contributed by atoms with E-state index in [4.69, 9.17) is 0 Å². The summed E-state index contributed by atoms with van der Waals surface area (Å²) in [7, 11) is 1.74. The van der Waals surface area contributed by atoms with Crippen molar-refractivity contribution < 1.29 is 4.39 Å². The van der Waals surface area contributed by atoms with Crippen molar-refractivity contribution >= 4 is 41.3 Å². The Hall–Kier alpha value is -1.15. The van der Waals surface area contributed by atoms with E-state index in [1.165, 1.54) is 10.9 Å². The molecule has 0 aliphatic rings. The number of hydrogen-bond donors (Lipinski definition) is 2. The van der Waals surface area contributed by atoms with E-state index in [9.17, 15) is 4.39 Å². The first-order valence-corrected chi connectivity index (χ1v) is 8.30. The molecule has 1 unspecified atom stereocenters. The lowest BCUT2D eigenvalue weighted by atomic mass is 10.1. The first-order valence-electron chi connectivity index (χ1n) is 7.42. The Morgan fingerprint density at radius 2 is 2.00 bits per heavy atom. The zero-order valence-electron chi connectivity index (χ0n) is 13.4. The van der Waals surface area contributed by atoms with Crippen LogP contribution in [0, 0.1) is 5.82 Å². The average Bonchev–Trinajstić information content (AvgIpc) is 3.06. The van der Waals surface area contributed by atoms with Gasteiger partial charge in [-0.05, 0) is 29.5 Å². The fourth-order valence-corrected chi connectivity index (χ4v) is 2.95. The normalized spacial score (nSPS) is 12.4. The molecule has 0 bridgehead atoms. The molecule has 0 amide bonds. The largest absolute Gasteiger partial charge is 0.356 e. The lowest BCUT2D eigenvalue weighted by molar-refractivity contribution is 0.606. The SMILES string of the molecule is CN=C(NCCc1ccccc1F)NCC(C)c1cccs1.I. The van der Waals surface area contributed by atoms with E-state index in [0.29, 0.717) is 18.9 Å². The van der Waals surface area contributed by atoms with Crippen molar-refractivity contribution in [3.8, 4) is 0 Å². The predicted octanol–water partition coefficient (Wildman–Crippen LogP) is 4.02. The Morgan fingerprint density at radius 1 is 1.22 bits per heavy atom. The predicted molar refractivity (Wildman–Crippen MR) is 108 cm³/mol. The summed E-state index contributed by atoms with van der Waals surface area (Å²) >= 11 is 1.77. The minimum atomic E-state index is -0.154. The van der Waals surface area contributed by atoms with Gasteiger partial charge in [-0.1, -0.05) is 31.2 Å². The highest BCUT2D eigenvalue weighted by atomic mass is 127. The van der Waals surface area contributed by atoms with E-state index in [1.54, 1.807) is 24.5 Å². The Balaban J connectivity index is 0.00000264. The third-order valence-corrected chi connectivity index (χ3v) is 4.58. The van der Waals surface area contributed by atoms with Gasteiger partial charge in [-0.2, -0.15) is 0 Å². The number of halogens is 2. The van der Waals surface area contributed by atoms with Crippen LogP contribution in [0.25, 0.3) is 0 Å². The van der Waals surface area contributed by atoms with Gasteiger partial charge in [0, 0.05) is 30.9 Å². The zero-order chi connectivity index (χ0) is 15.8. The van der Waals surface area contributed by atoms with Crippen molar-refractivity contribution in [3.05, 3.63) is 58.0 Å². The van der Waals surface area contributed by atoms with Crippen LogP contribution in [-0.2, 0) is 6.42 Å². The maximum atomic E-state index is 13.5. The molecule has 0 radical (unpaired) electrons. The summed E-state index contributed by atoms with van der Waals surface area (Å²) in [6.45, 7) is 3.65. The highest BCUT2D eigenvalue weighted by molar-refractivity contribution is 14.0. The van der Waals surface area contributed by atoms with Gasteiger partial charge in [0.2, 0.25) is 0 Å². The average molecular weight is 447 g/mol. The van der Waals surface area contributed by atoms with Gasteiger partial charge in [-0.15, -0.1) is 35.3 Å². The van der Waals surface area contributed by atoms with Gasteiger partial charge >= 0.3 is 0 Å². The number of benzene rings is 1. The summed E-state index contributed by atoms with van der Waals surface area (Å²) in [6.07, 6.45) is 0.633. The van der Waals surface area contributed by atoms with E-state index in [2.05, 4.69) is 40.1 Å². The van der Waals surface area contributed by atoms with Gasteiger partial charge in [0.05, 0.1) is 0 Å². The minimum absolute atomic E-state index is 0. The third kappa shape index (κ3) is 6.47. The Bertz CT molecular complexity index is 602. The lowest BCUT2D eigenvalue weighted by Crippen LogP contribution is -2.39. The molecule has 23 heavy (non-hydrogen) atoms. The summed E-state index contributed by atoms with van der Waals surface area (Å²) in [4.78, 5) is 5.55. The number of thiophene rings is 1. The second-order valence-electron chi connectivity index (χ2n) is 5.14. The van der Waals surface area contributed by atoms with Gasteiger partial charge in [0.15, 0.2) is 5.96 Å². The molecule has 0 spiro atoms. The van der Waals surface area contributed by atoms with Crippen LogP contribution in [0.3, 0.4) is 0 Å². The molecule has 0 saturated heterocycles. The second kappa shape index (κ2) is 10.6. The molecule has 126 valence electrons. The topological polar surface area (TPSA) is 36.4 Å². The molecule has 2 aromatic rings. The van der Waals surface area contributed by atoms with Crippen LogP contribution in [0.4, 0.5) is 4.39 Å². The molecule has 0 saturated carbocycles. The third-order valence-electron chi connectivity index (χ3n) is 3.47. The standard InChI is InChI=1S/C17H22FN3S.HI/c1-13(16-8-5-11-22-16)12-21-17(19-2)20-10-9-14-6-3-4-7-15(14)18;/h3-8,11,13H,9-10,12H2,1-2H3,(H2,19,20,21);1H. The summed E-state index contributed by atoms with van der Waals surface area (Å²) in [6, 6.07) is 11.1. The van der Waals surface area contributed by atoms with Crippen LogP contribution >= 0.6 is 35.3 Å². The van der Waals surface area contributed by atoms with Crippen LogP contribution in [0.5, 0.6) is 0 Å². The molecule has 1 atom stereocenters. The number of rotatable bonds is 6. The molecule has 0 aliphatic carbocycles. The van der Waals surface area contributed by atoms with Crippen molar-refractivity contribution in [1.29, 1.82) is 0 Å². The van der Waals surface area contributed by atoms with Crippen LogP contribution in [0.1, 0.15) is 23.3 Å². The molecule has 6 heteroatoms. The highest BCUT2D eigenvalue weighted by Crippen LogP contribution is 2.19. The Morgan fingerprint density at radius 3 is 2.65 bits per heavy atom. The maximum absolute atomic E-state index is 13.5. The van der Waals surface area contributed by atoms with Crippen LogP contribution in [0.15, 0.2) is 46.8 Å². The molecule has 0 fully saturated rings. The molecular weight excluding hydrogens is 424 g/mol. The van der Waals surface area contributed by atoms with E-state index >= 15 is 0 Å². The minimum Gasteiger partial charge on any atom is -0.356 e. The molecule has 0 aliphatic heterocycles. The van der Waals surface area contributed by atoms with E-state index in [1.807, 2.05) is 12.1 Å². The van der Waals surface area contributed by atoms with E-state index in [-0.39, 0.29) is 29.8 Å². The van der Waals surface area contributed by atoms with Crippen molar-refractivity contribution in [1.82, 2.24) is 10.6 Å². The monoisotopic (exact) mass is 447 g/mol. The highest BCUT2D eigenvalue weighted by Gasteiger charge is 2.07. The number of nitrogens with zero attached hydrogens (tertiary/aromatic N) is 1. The summed E-state index contributed by atoms with van der Waals surface area (Å²) in [5, 5.41) is 8.62. The molecule has 1 aromatic heterocycles. The maximum Gasteiger partial charge on any atom is 0.191 e. The van der Waals surface area contributed by atoms with Gasteiger partial charge in [-0.25, -0.2) is 4.39 Å². The summed E-state index contributed by atoms with van der Waals surface area (Å²) in [5.41, 5.74) is 0.720. The molecule has 2 rings (SSSR count). The van der Waals surface area contributed by atoms with Gasteiger partial charge < -0.3 is 10.6 Å². The number of aliphatic imine (C=N–C) groups is 1. The Labute approximate surface area is 158 Å². The van der Waals surface area contributed by atoms with Gasteiger partial charge in [-0.3, -0.25) is 4.99 Å². The molecule has 2 N–H and O–H groups in total. The zero-order valence-corrected chi connectivity index (χ0v) is 16.5. The summed E-state index contributed by atoms with van der Waals surface area (Å²) < 4.78 is 13.5. The van der Waals surface area contributed by atoms with Crippen molar-refractivity contribution in [2.75, 3.05) is 20.1 Å². The smallest absolute Gasteiger partial charge is 0.191 e. The van der Waals surface area contributed by atoms with Crippen molar-refractivity contribution in [2.45, 2.75) is 19.3 Å². The number of hydrogen-bond acceptors (Lipinski definition) is 2. The van der Waals surface area contributed by atoms with Crippen LogP contribution in [0.2, 0.25) is 0 Å². The van der Waals surface area contributed by atoms with Crippen molar-refractivity contribution in [3.63, 3.8) is 0 Å². The first-order chi connectivity index (χ1) is 10.7. The van der Waals surface area contributed by atoms with Gasteiger partial charge in [0.1, 0.15) is 5.82 Å². The Kier molecular flexibility index (Phi) is 9.16.